The van der Waals surface area contributed by atoms with E-state index < -0.39 is 4.92 Å². The van der Waals surface area contributed by atoms with E-state index in [0.29, 0.717) is 17.1 Å². The Morgan fingerprint density at radius 3 is 2.53 bits per heavy atom. The molecule has 6 heteroatoms. The Morgan fingerprint density at radius 2 is 1.89 bits per heavy atom. The summed E-state index contributed by atoms with van der Waals surface area (Å²) in [6.45, 7) is 0.316. The number of nitro benzene ring substituents is 1. The summed E-state index contributed by atoms with van der Waals surface area (Å²) >= 11 is 8.24. The molecule has 0 aromatic heterocycles. The van der Waals surface area contributed by atoms with Crippen molar-refractivity contribution in [2.24, 2.45) is 0 Å². The van der Waals surface area contributed by atoms with Crippen LogP contribution >= 0.6 is 34.2 Å². The molecule has 4 nitrogen and oxygen atoms in total. The molecule has 0 unspecified atom stereocenters. The van der Waals surface area contributed by atoms with Gasteiger partial charge in [0.15, 0.2) is 0 Å². The molecule has 19 heavy (non-hydrogen) atoms. The molecule has 1 N–H and O–H groups in total. The van der Waals surface area contributed by atoms with E-state index in [4.69, 9.17) is 11.6 Å². The van der Waals surface area contributed by atoms with E-state index in [1.807, 2.05) is 24.3 Å². The van der Waals surface area contributed by atoms with Crippen molar-refractivity contribution in [3.8, 4) is 0 Å². The van der Waals surface area contributed by atoms with Crippen LogP contribution in [0.5, 0.6) is 0 Å². The van der Waals surface area contributed by atoms with Crippen LogP contribution < -0.4 is 5.32 Å². The third-order valence-electron chi connectivity index (χ3n) is 2.60. The molecule has 0 heterocycles. The fourth-order valence-corrected chi connectivity index (χ4v) is 2.25. The zero-order valence-corrected chi connectivity index (χ0v) is 12.7. The molecule has 0 atom stereocenters. The van der Waals surface area contributed by atoms with Gasteiger partial charge in [-0.25, -0.2) is 0 Å². The van der Waals surface area contributed by atoms with Crippen molar-refractivity contribution in [3.05, 3.63) is 66.7 Å². The number of hydrogen-bond acceptors (Lipinski definition) is 3. The van der Waals surface area contributed by atoms with Crippen molar-refractivity contribution in [3.63, 3.8) is 0 Å². The van der Waals surface area contributed by atoms with E-state index in [9.17, 15) is 10.1 Å². The molecule has 0 bridgehead atoms. The Hall–Kier alpha value is -1.34. The zero-order chi connectivity index (χ0) is 13.8. The maximum Gasteiger partial charge on any atom is 0.275 e. The second kappa shape index (κ2) is 6.21. The van der Waals surface area contributed by atoms with Gasteiger partial charge in [-0.15, -0.1) is 0 Å². The van der Waals surface area contributed by atoms with Crippen molar-refractivity contribution in [2.45, 2.75) is 6.54 Å². The van der Waals surface area contributed by atoms with Gasteiger partial charge in [0.2, 0.25) is 0 Å². The van der Waals surface area contributed by atoms with Crippen molar-refractivity contribution in [2.75, 3.05) is 5.32 Å². The van der Waals surface area contributed by atoms with Gasteiger partial charge < -0.3 is 5.32 Å². The lowest BCUT2D eigenvalue weighted by Crippen LogP contribution is -2.03. The van der Waals surface area contributed by atoms with Gasteiger partial charge in [0.1, 0.15) is 0 Å². The molecule has 0 aliphatic carbocycles. The molecular weight excluding hydrogens is 379 g/mol. The summed E-state index contributed by atoms with van der Waals surface area (Å²) in [4.78, 5) is 10.5. The quantitative estimate of drug-likeness (QED) is 0.478. The molecule has 0 radical (unpaired) electrons. The lowest BCUT2D eigenvalue weighted by Gasteiger charge is -2.08. The minimum atomic E-state index is -0.420. The van der Waals surface area contributed by atoms with Crippen molar-refractivity contribution in [1.29, 1.82) is 0 Å². The molecule has 0 aliphatic rings. The lowest BCUT2D eigenvalue weighted by atomic mass is 10.1. The van der Waals surface area contributed by atoms with Crippen LogP contribution in [0.25, 0.3) is 0 Å². The number of halogens is 2. The number of hydrogen-bond donors (Lipinski definition) is 1. The SMILES string of the molecule is O=[N+]([O-])c1cccc(Cl)c1CNc1ccc(I)cc1. The van der Waals surface area contributed by atoms with Crippen molar-refractivity contribution in [1.82, 2.24) is 0 Å². The first-order chi connectivity index (χ1) is 9.08. The standard InChI is InChI=1S/C13H10ClIN2O2/c14-12-2-1-3-13(17(18)19)11(12)8-16-10-6-4-9(15)5-7-10/h1-7,16H,8H2. The van der Waals surface area contributed by atoms with E-state index in [1.165, 1.54) is 6.07 Å². The Labute approximate surface area is 129 Å². The van der Waals surface area contributed by atoms with Crippen LogP contribution in [0.15, 0.2) is 42.5 Å². The summed E-state index contributed by atoms with van der Waals surface area (Å²) in [5.41, 5.74) is 1.42. The third kappa shape index (κ3) is 3.57. The monoisotopic (exact) mass is 388 g/mol. The maximum atomic E-state index is 10.9. The highest BCUT2D eigenvalue weighted by Crippen LogP contribution is 2.27. The van der Waals surface area contributed by atoms with Crippen LogP contribution in [0.4, 0.5) is 11.4 Å². The van der Waals surface area contributed by atoms with Gasteiger partial charge in [-0.1, -0.05) is 17.7 Å². The second-order valence-electron chi connectivity index (χ2n) is 3.86. The normalized spacial score (nSPS) is 10.2. The average Bonchev–Trinajstić information content (AvgIpc) is 2.39. The predicted octanol–water partition coefficient (Wildman–Crippen LogP) is 4.46. The molecule has 0 spiro atoms. The fourth-order valence-electron chi connectivity index (χ4n) is 1.65. The average molecular weight is 389 g/mol. The number of benzene rings is 2. The van der Waals surface area contributed by atoms with Gasteiger partial charge in [-0.05, 0) is 52.9 Å². The number of nitrogens with zero attached hydrogens (tertiary/aromatic N) is 1. The minimum Gasteiger partial charge on any atom is -0.381 e. The molecule has 0 amide bonds. The van der Waals surface area contributed by atoms with Gasteiger partial charge in [-0.3, -0.25) is 10.1 Å². The largest absolute Gasteiger partial charge is 0.381 e. The second-order valence-corrected chi connectivity index (χ2v) is 5.51. The summed E-state index contributed by atoms with van der Waals surface area (Å²) in [7, 11) is 0. The summed E-state index contributed by atoms with van der Waals surface area (Å²) in [6, 6.07) is 12.5. The summed E-state index contributed by atoms with van der Waals surface area (Å²) in [5, 5.41) is 14.5. The van der Waals surface area contributed by atoms with Crippen LogP contribution in [-0.2, 0) is 6.54 Å². The van der Waals surface area contributed by atoms with Crippen LogP contribution in [-0.4, -0.2) is 4.92 Å². The predicted molar refractivity (Wildman–Crippen MR) is 84.6 cm³/mol. The maximum absolute atomic E-state index is 10.9. The van der Waals surface area contributed by atoms with Crippen molar-refractivity contribution >= 4 is 45.6 Å². The minimum absolute atomic E-state index is 0.0329. The van der Waals surface area contributed by atoms with Crippen LogP contribution in [0.1, 0.15) is 5.56 Å². The first-order valence-electron chi connectivity index (χ1n) is 5.49. The van der Waals surface area contributed by atoms with Gasteiger partial charge in [0.25, 0.3) is 5.69 Å². The Balaban J connectivity index is 2.19. The number of anilines is 1. The topological polar surface area (TPSA) is 55.2 Å². The summed E-state index contributed by atoms with van der Waals surface area (Å²) in [5.74, 6) is 0. The Morgan fingerprint density at radius 1 is 1.21 bits per heavy atom. The van der Waals surface area contributed by atoms with Gasteiger partial charge in [-0.2, -0.15) is 0 Å². The first-order valence-corrected chi connectivity index (χ1v) is 6.95. The molecule has 0 saturated carbocycles. The molecule has 98 valence electrons. The van der Waals surface area contributed by atoms with Gasteiger partial charge in [0, 0.05) is 21.9 Å². The van der Waals surface area contributed by atoms with E-state index in [2.05, 4.69) is 27.9 Å². The first kappa shape index (κ1) is 14.1. The highest BCUT2D eigenvalue weighted by molar-refractivity contribution is 14.1. The van der Waals surface area contributed by atoms with Crippen LogP contribution in [0.2, 0.25) is 5.02 Å². The fraction of sp³-hybridized carbons (Fsp3) is 0.0769. The Kier molecular flexibility index (Phi) is 4.60. The van der Waals surface area contributed by atoms with Gasteiger partial charge in [0.05, 0.1) is 15.5 Å². The molecule has 0 aliphatic heterocycles. The molecule has 0 saturated heterocycles. The molecule has 2 aromatic rings. The van der Waals surface area contributed by atoms with E-state index >= 15 is 0 Å². The smallest absolute Gasteiger partial charge is 0.275 e. The van der Waals surface area contributed by atoms with E-state index in [0.717, 1.165) is 9.26 Å². The zero-order valence-electron chi connectivity index (χ0n) is 9.77. The number of rotatable bonds is 4. The molecular formula is C13H10ClIN2O2. The Bertz CT molecular complexity index is 602. The molecule has 2 aromatic carbocycles. The van der Waals surface area contributed by atoms with E-state index in [1.54, 1.807) is 12.1 Å². The van der Waals surface area contributed by atoms with Crippen LogP contribution in [0, 0.1) is 13.7 Å². The highest BCUT2D eigenvalue weighted by Gasteiger charge is 2.15. The molecule has 0 fully saturated rings. The highest BCUT2D eigenvalue weighted by atomic mass is 127. The summed E-state index contributed by atoms with van der Waals surface area (Å²) < 4.78 is 1.13. The van der Waals surface area contributed by atoms with E-state index in [-0.39, 0.29) is 5.69 Å². The van der Waals surface area contributed by atoms with Gasteiger partial charge >= 0.3 is 0 Å². The summed E-state index contributed by atoms with van der Waals surface area (Å²) in [6.07, 6.45) is 0. The number of nitro groups is 1. The third-order valence-corrected chi connectivity index (χ3v) is 3.68. The number of nitrogens with one attached hydrogen (secondary N) is 1. The molecule has 2 rings (SSSR count). The van der Waals surface area contributed by atoms with Crippen LogP contribution in [0.3, 0.4) is 0 Å². The lowest BCUT2D eigenvalue weighted by molar-refractivity contribution is -0.385. The van der Waals surface area contributed by atoms with Crippen molar-refractivity contribution < 1.29 is 4.92 Å².